The topological polar surface area (TPSA) is 82.7 Å². The molecule has 36 heavy (non-hydrogen) atoms. The summed E-state index contributed by atoms with van der Waals surface area (Å²) in [6.07, 6.45) is 1.20. The molecule has 1 amide bonds. The van der Waals surface area contributed by atoms with Crippen LogP contribution in [0.1, 0.15) is 60.5 Å². The number of alkyl halides is 3. The molecule has 6 nitrogen and oxygen atoms in total. The standard InChI is InChI=1S/C26H29ClF3N5O/c1-2-6-20-22(17-7-4-3-5-8-17)34-35-24(20)32-14-16-9-11-19(12-10-16)33-25(36)21-13-18(26(28,29)30)15-31-23(21)27/h3-5,7-8,13,15-16,19H,2,6,9-12,14H2,1H3,(H,33,36)(H2,32,34,35)/t16-,19-. The van der Waals surface area contributed by atoms with Crippen molar-refractivity contribution in [1.82, 2.24) is 20.5 Å². The first-order valence-electron chi connectivity index (χ1n) is 12.2. The molecular weight excluding hydrogens is 491 g/mol. The minimum Gasteiger partial charge on any atom is -0.370 e. The zero-order chi connectivity index (χ0) is 25.7. The van der Waals surface area contributed by atoms with Crippen molar-refractivity contribution in [2.75, 3.05) is 11.9 Å². The predicted octanol–water partition coefficient (Wildman–Crippen LogP) is 6.50. The van der Waals surface area contributed by atoms with E-state index in [0.717, 1.165) is 68.2 Å². The van der Waals surface area contributed by atoms with Crippen LogP contribution in [0.3, 0.4) is 0 Å². The van der Waals surface area contributed by atoms with Gasteiger partial charge in [0.1, 0.15) is 11.0 Å². The van der Waals surface area contributed by atoms with Crippen LogP contribution in [0.2, 0.25) is 5.15 Å². The lowest BCUT2D eigenvalue weighted by Gasteiger charge is -2.29. The molecule has 4 rings (SSSR count). The van der Waals surface area contributed by atoms with Gasteiger partial charge in [-0.2, -0.15) is 18.3 Å². The fraction of sp³-hybridized carbons (Fsp3) is 0.423. The molecule has 1 aliphatic carbocycles. The SMILES string of the molecule is CCCc1c(-c2ccccc2)n[nH]c1NC[C@H]1CC[C@H](NC(=O)c2cc(C(F)(F)F)cnc2Cl)CC1. The first kappa shape index (κ1) is 26.0. The van der Waals surface area contributed by atoms with E-state index in [1.54, 1.807) is 0 Å². The van der Waals surface area contributed by atoms with Crippen LogP contribution in [0.4, 0.5) is 19.0 Å². The van der Waals surface area contributed by atoms with Gasteiger partial charge in [-0.25, -0.2) is 4.98 Å². The van der Waals surface area contributed by atoms with Gasteiger partial charge in [-0.1, -0.05) is 55.3 Å². The van der Waals surface area contributed by atoms with Crippen molar-refractivity contribution in [2.45, 2.75) is 57.7 Å². The highest BCUT2D eigenvalue weighted by Crippen LogP contribution is 2.32. The lowest BCUT2D eigenvalue weighted by atomic mass is 9.86. The number of H-pyrrole nitrogens is 1. The van der Waals surface area contributed by atoms with E-state index in [-0.39, 0.29) is 16.8 Å². The average Bonchev–Trinajstić information content (AvgIpc) is 3.26. The van der Waals surface area contributed by atoms with Gasteiger partial charge in [-0.3, -0.25) is 9.89 Å². The molecule has 10 heteroatoms. The lowest BCUT2D eigenvalue weighted by Crippen LogP contribution is -2.38. The van der Waals surface area contributed by atoms with Crippen molar-refractivity contribution in [3.05, 3.63) is 64.4 Å². The van der Waals surface area contributed by atoms with Gasteiger partial charge in [0.15, 0.2) is 0 Å². The fourth-order valence-electron chi connectivity index (χ4n) is 4.62. The molecule has 1 fully saturated rings. The van der Waals surface area contributed by atoms with Crippen molar-refractivity contribution in [3.63, 3.8) is 0 Å². The number of anilines is 1. The van der Waals surface area contributed by atoms with Gasteiger partial charge < -0.3 is 10.6 Å². The minimum atomic E-state index is -4.59. The molecule has 0 bridgehead atoms. The number of amides is 1. The van der Waals surface area contributed by atoms with Gasteiger partial charge >= 0.3 is 6.18 Å². The van der Waals surface area contributed by atoms with Crippen LogP contribution in [-0.2, 0) is 12.6 Å². The number of halogens is 4. The second-order valence-electron chi connectivity index (χ2n) is 9.17. The van der Waals surface area contributed by atoms with E-state index >= 15 is 0 Å². The summed E-state index contributed by atoms with van der Waals surface area (Å²) < 4.78 is 39.0. The first-order valence-corrected chi connectivity index (χ1v) is 12.5. The monoisotopic (exact) mass is 519 g/mol. The summed E-state index contributed by atoms with van der Waals surface area (Å²) in [5.74, 6) is 0.725. The molecule has 3 aromatic rings. The Labute approximate surface area is 213 Å². The molecule has 0 atom stereocenters. The van der Waals surface area contributed by atoms with Gasteiger partial charge in [0.25, 0.3) is 5.91 Å². The van der Waals surface area contributed by atoms with Gasteiger partial charge in [-0.15, -0.1) is 0 Å². The number of carbonyl (C=O) groups is 1. The molecule has 1 aliphatic rings. The molecule has 0 saturated heterocycles. The van der Waals surface area contributed by atoms with Crippen molar-refractivity contribution >= 4 is 23.3 Å². The van der Waals surface area contributed by atoms with Crippen molar-refractivity contribution in [1.29, 1.82) is 0 Å². The fourth-order valence-corrected chi connectivity index (χ4v) is 4.81. The Balaban J connectivity index is 1.31. The number of aromatic nitrogens is 3. The van der Waals surface area contributed by atoms with Crippen LogP contribution < -0.4 is 10.6 Å². The summed E-state index contributed by atoms with van der Waals surface area (Å²) in [6.45, 7) is 2.92. The number of rotatable bonds is 8. The Hall–Kier alpha value is -3.07. The second kappa shape index (κ2) is 11.3. The summed E-state index contributed by atoms with van der Waals surface area (Å²) in [7, 11) is 0. The Bertz CT molecular complexity index is 1170. The molecule has 0 unspecified atom stereocenters. The number of hydrogen-bond donors (Lipinski definition) is 3. The number of nitrogens with one attached hydrogen (secondary N) is 3. The number of benzene rings is 1. The van der Waals surface area contributed by atoms with Crippen LogP contribution in [0.25, 0.3) is 11.3 Å². The van der Waals surface area contributed by atoms with Gasteiger partial charge in [0.2, 0.25) is 0 Å². The minimum absolute atomic E-state index is 0.119. The third-order valence-corrected chi connectivity index (χ3v) is 6.88. The molecule has 0 aliphatic heterocycles. The van der Waals surface area contributed by atoms with Gasteiger partial charge in [-0.05, 0) is 44.1 Å². The van der Waals surface area contributed by atoms with Crippen LogP contribution in [0, 0.1) is 5.92 Å². The Morgan fingerprint density at radius 2 is 1.89 bits per heavy atom. The molecule has 0 spiro atoms. The largest absolute Gasteiger partial charge is 0.417 e. The molecule has 1 saturated carbocycles. The maximum absolute atomic E-state index is 13.0. The van der Waals surface area contributed by atoms with Gasteiger partial charge in [0.05, 0.1) is 16.8 Å². The zero-order valence-electron chi connectivity index (χ0n) is 20.0. The maximum atomic E-state index is 13.0. The molecule has 0 radical (unpaired) electrons. The first-order chi connectivity index (χ1) is 17.3. The van der Waals surface area contributed by atoms with Crippen LogP contribution in [0.5, 0.6) is 0 Å². The van der Waals surface area contributed by atoms with E-state index < -0.39 is 17.6 Å². The predicted molar refractivity (Wildman–Crippen MR) is 134 cm³/mol. The number of aromatic amines is 1. The molecular formula is C26H29ClF3N5O. The van der Waals surface area contributed by atoms with Crippen molar-refractivity contribution < 1.29 is 18.0 Å². The second-order valence-corrected chi connectivity index (χ2v) is 9.53. The van der Waals surface area contributed by atoms with E-state index in [2.05, 4.69) is 44.9 Å². The van der Waals surface area contributed by atoms with Crippen LogP contribution in [0.15, 0.2) is 42.6 Å². The summed E-state index contributed by atoms with van der Waals surface area (Å²) >= 11 is 5.90. The third-order valence-electron chi connectivity index (χ3n) is 6.57. The van der Waals surface area contributed by atoms with E-state index in [1.807, 2.05) is 18.2 Å². The maximum Gasteiger partial charge on any atom is 0.417 e. The number of hydrogen-bond acceptors (Lipinski definition) is 4. The molecule has 2 aromatic heterocycles. The Morgan fingerprint density at radius 3 is 2.56 bits per heavy atom. The summed E-state index contributed by atoms with van der Waals surface area (Å²) in [6, 6.07) is 10.7. The van der Waals surface area contributed by atoms with E-state index in [9.17, 15) is 18.0 Å². The van der Waals surface area contributed by atoms with Crippen molar-refractivity contribution in [2.24, 2.45) is 5.92 Å². The highest BCUT2D eigenvalue weighted by atomic mass is 35.5. The molecule has 2 heterocycles. The highest BCUT2D eigenvalue weighted by molar-refractivity contribution is 6.32. The van der Waals surface area contributed by atoms with Crippen LogP contribution >= 0.6 is 11.6 Å². The number of pyridine rings is 1. The smallest absolute Gasteiger partial charge is 0.370 e. The Morgan fingerprint density at radius 1 is 1.17 bits per heavy atom. The number of nitrogens with zero attached hydrogens (tertiary/aromatic N) is 2. The third kappa shape index (κ3) is 6.19. The van der Waals surface area contributed by atoms with E-state index in [0.29, 0.717) is 12.1 Å². The van der Waals surface area contributed by atoms with E-state index in [4.69, 9.17) is 11.6 Å². The average molecular weight is 520 g/mol. The molecule has 1 aromatic carbocycles. The Kier molecular flexibility index (Phi) is 8.18. The van der Waals surface area contributed by atoms with Crippen molar-refractivity contribution in [3.8, 4) is 11.3 Å². The molecule has 3 N–H and O–H groups in total. The summed E-state index contributed by atoms with van der Waals surface area (Å²) in [5.41, 5.74) is 1.97. The molecule has 192 valence electrons. The highest BCUT2D eigenvalue weighted by Gasteiger charge is 2.33. The number of carbonyl (C=O) groups excluding carboxylic acids is 1. The zero-order valence-corrected chi connectivity index (χ0v) is 20.7. The summed E-state index contributed by atoms with van der Waals surface area (Å²) in [5, 5.41) is 13.8. The summed E-state index contributed by atoms with van der Waals surface area (Å²) in [4.78, 5) is 16.1. The van der Waals surface area contributed by atoms with Crippen LogP contribution in [-0.4, -0.2) is 33.7 Å². The normalized spacial score (nSPS) is 18.1. The van der Waals surface area contributed by atoms with E-state index in [1.165, 1.54) is 5.56 Å². The van der Waals surface area contributed by atoms with Gasteiger partial charge in [0, 0.05) is 29.9 Å². The lowest BCUT2D eigenvalue weighted by molar-refractivity contribution is -0.137. The quantitative estimate of drug-likeness (QED) is 0.297.